The number of H-pyrrole nitrogens is 2. The van der Waals surface area contributed by atoms with Crippen LogP contribution in [-0.2, 0) is 6.54 Å². The number of carbonyl (C=O) groups is 1. The second kappa shape index (κ2) is 9.65. The van der Waals surface area contributed by atoms with E-state index >= 15 is 0 Å². The van der Waals surface area contributed by atoms with Crippen LogP contribution in [0.2, 0.25) is 0 Å². The molecule has 0 saturated carbocycles. The van der Waals surface area contributed by atoms with Gasteiger partial charge in [0.25, 0.3) is 5.56 Å². The monoisotopic (exact) mass is 436 g/mol. The smallest absolute Gasteiger partial charge is 0.319 e. The van der Waals surface area contributed by atoms with Crippen LogP contribution in [0.25, 0.3) is 11.5 Å². The molecule has 0 aromatic carbocycles. The summed E-state index contributed by atoms with van der Waals surface area (Å²) in [5.41, 5.74) is 3.85. The van der Waals surface area contributed by atoms with Gasteiger partial charge in [0, 0.05) is 57.9 Å². The minimum Gasteiger partial charge on any atom is -0.368 e. The molecular formula is C22H28N8O2. The number of aryl methyl sites for hydroxylation is 1. The number of piperazine rings is 1. The van der Waals surface area contributed by atoms with Crippen molar-refractivity contribution >= 4 is 17.4 Å². The van der Waals surface area contributed by atoms with Gasteiger partial charge in [-0.25, -0.2) is 14.8 Å². The zero-order valence-corrected chi connectivity index (χ0v) is 18.3. The van der Waals surface area contributed by atoms with E-state index in [-0.39, 0.29) is 17.3 Å². The summed E-state index contributed by atoms with van der Waals surface area (Å²) in [6, 6.07) is 5.46. The van der Waals surface area contributed by atoms with Gasteiger partial charge in [0.05, 0.1) is 11.4 Å². The number of carbonyl (C=O) groups excluding carboxylic acids is 1. The molecule has 4 heterocycles. The number of hydrogen-bond acceptors (Lipinski definition) is 6. The lowest BCUT2D eigenvalue weighted by molar-refractivity contribution is 0.249. The Bertz CT molecular complexity index is 1120. The third kappa shape index (κ3) is 4.97. The van der Waals surface area contributed by atoms with E-state index in [9.17, 15) is 9.59 Å². The molecule has 3 aromatic heterocycles. The van der Waals surface area contributed by atoms with Crippen LogP contribution in [0.4, 0.5) is 16.2 Å². The Morgan fingerprint density at radius 3 is 2.69 bits per heavy atom. The molecule has 10 heteroatoms. The van der Waals surface area contributed by atoms with Gasteiger partial charge in [-0.15, -0.1) is 0 Å². The van der Waals surface area contributed by atoms with Crippen molar-refractivity contribution in [3.8, 4) is 11.5 Å². The molecule has 0 atom stereocenters. The lowest BCUT2D eigenvalue weighted by atomic mass is 10.2. The van der Waals surface area contributed by atoms with Gasteiger partial charge < -0.3 is 25.5 Å². The van der Waals surface area contributed by atoms with E-state index in [4.69, 9.17) is 4.98 Å². The van der Waals surface area contributed by atoms with E-state index in [0.717, 1.165) is 54.6 Å². The molecule has 4 N–H and O–H groups in total. The van der Waals surface area contributed by atoms with Gasteiger partial charge in [-0.3, -0.25) is 9.69 Å². The van der Waals surface area contributed by atoms with Gasteiger partial charge in [-0.05, 0) is 37.6 Å². The summed E-state index contributed by atoms with van der Waals surface area (Å²) in [5, 5.41) is 5.23. The summed E-state index contributed by atoms with van der Waals surface area (Å²) in [6.07, 6.45) is 5.22. The highest BCUT2D eigenvalue weighted by atomic mass is 16.2. The topological polar surface area (TPSA) is 122 Å². The molecule has 1 saturated heterocycles. The molecule has 10 nitrogen and oxygen atoms in total. The average Bonchev–Trinajstić information content (AvgIpc) is 3.32. The molecule has 0 unspecified atom stereocenters. The van der Waals surface area contributed by atoms with Gasteiger partial charge >= 0.3 is 6.03 Å². The van der Waals surface area contributed by atoms with Crippen molar-refractivity contribution in [2.75, 3.05) is 42.9 Å². The SMILES string of the molecule is CCNC(=O)Nc1cc(CN2CCN(c3ccc(-c4ncc[nH]4)nc3C)CC2)c[nH]c1=O. The normalized spacial score (nSPS) is 14.4. The van der Waals surface area contributed by atoms with Crippen LogP contribution in [0.3, 0.4) is 0 Å². The third-order valence-corrected chi connectivity index (χ3v) is 5.47. The Labute approximate surface area is 186 Å². The van der Waals surface area contributed by atoms with Crippen LogP contribution < -0.4 is 21.1 Å². The molecule has 4 rings (SSSR count). The highest BCUT2D eigenvalue weighted by molar-refractivity contribution is 5.88. The lowest BCUT2D eigenvalue weighted by Gasteiger charge is -2.36. The summed E-state index contributed by atoms with van der Waals surface area (Å²) in [7, 11) is 0. The molecule has 1 aliphatic heterocycles. The number of pyridine rings is 2. The number of nitrogens with one attached hydrogen (secondary N) is 4. The number of nitrogens with zero attached hydrogens (tertiary/aromatic N) is 4. The number of anilines is 2. The molecule has 0 aliphatic carbocycles. The first kappa shape index (κ1) is 21.6. The first-order chi connectivity index (χ1) is 15.5. The fourth-order valence-corrected chi connectivity index (χ4v) is 3.87. The number of urea groups is 1. The standard InChI is InChI=1S/C22H28N8O2/c1-3-23-22(32)28-18-12-16(13-26-21(18)31)14-29-8-10-30(11-9-29)19-5-4-17(27-15(19)2)20-24-6-7-25-20/h4-7,12-13H,3,8-11,14H2,1-2H3,(H,24,25)(H,26,31)(H2,23,28,32). The molecule has 168 valence electrons. The maximum absolute atomic E-state index is 12.0. The summed E-state index contributed by atoms with van der Waals surface area (Å²) in [5.74, 6) is 0.770. The second-order valence-corrected chi connectivity index (χ2v) is 7.74. The van der Waals surface area contributed by atoms with Crippen molar-refractivity contribution in [3.63, 3.8) is 0 Å². The van der Waals surface area contributed by atoms with Gasteiger partial charge in [0.2, 0.25) is 0 Å². The molecule has 32 heavy (non-hydrogen) atoms. The Morgan fingerprint density at radius 2 is 2.00 bits per heavy atom. The number of rotatable bonds is 6. The fourth-order valence-electron chi connectivity index (χ4n) is 3.87. The highest BCUT2D eigenvalue weighted by Gasteiger charge is 2.20. The lowest BCUT2D eigenvalue weighted by Crippen LogP contribution is -2.46. The number of aromatic nitrogens is 4. The Kier molecular flexibility index (Phi) is 6.50. The highest BCUT2D eigenvalue weighted by Crippen LogP contribution is 2.23. The fraction of sp³-hybridized carbons (Fsp3) is 0.364. The zero-order valence-electron chi connectivity index (χ0n) is 18.3. The molecule has 1 aliphatic rings. The van der Waals surface area contributed by atoms with Crippen molar-refractivity contribution in [1.82, 2.24) is 30.2 Å². The summed E-state index contributed by atoms with van der Waals surface area (Å²) < 4.78 is 0. The largest absolute Gasteiger partial charge is 0.368 e. The van der Waals surface area contributed by atoms with Crippen LogP contribution in [0.15, 0.2) is 41.6 Å². The molecule has 0 spiro atoms. The van der Waals surface area contributed by atoms with Crippen molar-refractivity contribution in [1.29, 1.82) is 0 Å². The van der Waals surface area contributed by atoms with E-state index in [1.54, 1.807) is 24.7 Å². The van der Waals surface area contributed by atoms with Crippen molar-refractivity contribution in [2.45, 2.75) is 20.4 Å². The maximum Gasteiger partial charge on any atom is 0.319 e. The van der Waals surface area contributed by atoms with Crippen LogP contribution in [0.1, 0.15) is 18.2 Å². The number of hydrogen-bond donors (Lipinski definition) is 4. The van der Waals surface area contributed by atoms with Gasteiger partial charge in [0.15, 0.2) is 5.82 Å². The van der Waals surface area contributed by atoms with Gasteiger partial charge in [-0.1, -0.05) is 0 Å². The number of aromatic amines is 2. The zero-order chi connectivity index (χ0) is 22.5. The van der Waals surface area contributed by atoms with Gasteiger partial charge in [-0.2, -0.15) is 0 Å². The van der Waals surface area contributed by atoms with Crippen LogP contribution in [0, 0.1) is 6.92 Å². The van der Waals surface area contributed by atoms with Crippen molar-refractivity contribution in [3.05, 3.63) is 58.4 Å². The molecule has 3 aromatic rings. The minimum absolute atomic E-state index is 0.255. The molecule has 1 fully saturated rings. The van der Waals surface area contributed by atoms with Crippen LogP contribution in [0.5, 0.6) is 0 Å². The van der Waals surface area contributed by atoms with E-state index in [2.05, 4.69) is 41.5 Å². The first-order valence-electron chi connectivity index (χ1n) is 10.7. The van der Waals surface area contributed by atoms with Crippen molar-refractivity contribution < 1.29 is 4.79 Å². The van der Waals surface area contributed by atoms with E-state index < -0.39 is 0 Å². The molecule has 0 radical (unpaired) electrons. The van der Waals surface area contributed by atoms with E-state index in [1.165, 1.54) is 0 Å². The van der Waals surface area contributed by atoms with Crippen molar-refractivity contribution in [2.24, 2.45) is 0 Å². The Hall–Kier alpha value is -3.66. The average molecular weight is 437 g/mol. The summed E-state index contributed by atoms with van der Waals surface area (Å²) in [4.78, 5) is 43.2. The number of amides is 2. The quantitative estimate of drug-likeness (QED) is 0.468. The van der Waals surface area contributed by atoms with Gasteiger partial charge in [0.1, 0.15) is 11.4 Å². The minimum atomic E-state index is -0.384. The van der Waals surface area contributed by atoms with E-state index in [1.807, 2.05) is 19.9 Å². The third-order valence-electron chi connectivity index (χ3n) is 5.47. The first-order valence-corrected chi connectivity index (χ1v) is 10.7. The predicted molar refractivity (Wildman–Crippen MR) is 124 cm³/mol. The predicted octanol–water partition coefficient (Wildman–Crippen LogP) is 1.93. The number of imidazole rings is 1. The van der Waals surface area contributed by atoms with Crippen LogP contribution in [-0.4, -0.2) is 63.6 Å². The molecule has 0 bridgehead atoms. The maximum atomic E-state index is 12.0. The Morgan fingerprint density at radius 1 is 1.19 bits per heavy atom. The molecular weight excluding hydrogens is 408 g/mol. The van der Waals surface area contributed by atoms with Crippen LogP contribution >= 0.6 is 0 Å². The molecule has 2 amide bonds. The summed E-state index contributed by atoms with van der Waals surface area (Å²) >= 11 is 0. The Balaban J connectivity index is 1.36. The second-order valence-electron chi connectivity index (χ2n) is 7.74. The summed E-state index contributed by atoms with van der Waals surface area (Å²) in [6.45, 7) is 8.58. The van der Waals surface area contributed by atoms with E-state index in [0.29, 0.717) is 13.1 Å².